The average Bonchev–Trinajstić information content (AvgIpc) is 2.72. The van der Waals surface area contributed by atoms with Crippen LogP contribution >= 0.6 is 0 Å². The average molecular weight is 348 g/mol. The van der Waals surface area contributed by atoms with Crippen LogP contribution in [0.3, 0.4) is 0 Å². The molecule has 1 heterocycles. The molecule has 1 aliphatic carbocycles. The molecular weight excluding hydrogens is 318 g/mol. The number of aromatic nitrogens is 2. The SMILES string of the molecule is CCCCCCC1CCC(c2cnc(-c3ccc(C#N)cc3)nc2)CC1. The first-order valence-corrected chi connectivity index (χ1v) is 10.1. The maximum Gasteiger partial charge on any atom is 0.159 e. The van der Waals surface area contributed by atoms with Gasteiger partial charge in [0.05, 0.1) is 11.6 Å². The van der Waals surface area contributed by atoms with Gasteiger partial charge < -0.3 is 0 Å². The summed E-state index contributed by atoms with van der Waals surface area (Å²) in [5.41, 5.74) is 2.91. The Labute approximate surface area is 157 Å². The molecule has 136 valence electrons. The van der Waals surface area contributed by atoms with Crippen molar-refractivity contribution in [1.29, 1.82) is 5.26 Å². The Bertz CT molecular complexity index is 705. The molecule has 1 fully saturated rings. The van der Waals surface area contributed by atoms with Crippen molar-refractivity contribution in [2.45, 2.75) is 70.6 Å². The lowest BCUT2D eigenvalue weighted by Gasteiger charge is -2.28. The molecule has 0 saturated heterocycles. The zero-order chi connectivity index (χ0) is 18.2. The minimum atomic E-state index is 0.622. The third-order valence-corrected chi connectivity index (χ3v) is 5.73. The van der Waals surface area contributed by atoms with Gasteiger partial charge in [0.2, 0.25) is 0 Å². The molecule has 2 aromatic rings. The van der Waals surface area contributed by atoms with E-state index in [4.69, 9.17) is 5.26 Å². The number of nitrogens with zero attached hydrogens (tertiary/aromatic N) is 3. The highest BCUT2D eigenvalue weighted by Crippen LogP contribution is 2.37. The van der Waals surface area contributed by atoms with Gasteiger partial charge in [-0.3, -0.25) is 0 Å². The molecule has 0 spiro atoms. The fourth-order valence-electron chi connectivity index (χ4n) is 4.04. The zero-order valence-corrected chi connectivity index (χ0v) is 15.8. The number of benzene rings is 1. The van der Waals surface area contributed by atoms with Crippen LogP contribution in [0.5, 0.6) is 0 Å². The lowest BCUT2D eigenvalue weighted by Crippen LogP contribution is -2.14. The van der Waals surface area contributed by atoms with Crippen molar-refractivity contribution in [2.24, 2.45) is 5.92 Å². The summed E-state index contributed by atoms with van der Waals surface area (Å²) in [4.78, 5) is 9.15. The molecule has 1 aliphatic rings. The summed E-state index contributed by atoms with van der Waals surface area (Å²) in [5.74, 6) is 2.29. The van der Waals surface area contributed by atoms with Crippen molar-refractivity contribution in [3.8, 4) is 17.5 Å². The van der Waals surface area contributed by atoms with Crippen molar-refractivity contribution >= 4 is 0 Å². The van der Waals surface area contributed by atoms with Gasteiger partial charge in [0.1, 0.15) is 0 Å². The van der Waals surface area contributed by atoms with E-state index in [1.54, 1.807) is 0 Å². The second-order valence-corrected chi connectivity index (χ2v) is 7.60. The van der Waals surface area contributed by atoms with Gasteiger partial charge in [-0.15, -0.1) is 0 Å². The number of hydrogen-bond acceptors (Lipinski definition) is 3. The van der Waals surface area contributed by atoms with Crippen molar-refractivity contribution in [1.82, 2.24) is 9.97 Å². The van der Waals surface area contributed by atoms with Crippen LogP contribution in [0.4, 0.5) is 0 Å². The van der Waals surface area contributed by atoms with E-state index in [1.807, 2.05) is 36.7 Å². The summed E-state index contributed by atoms with van der Waals surface area (Å²) in [5, 5.41) is 8.89. The van der Waals surface area contributed by atoms with E-state index in [2.05, 4.69) is 23.0 Å². The van der Waals surface area contributed by atoms with Gasteiger partial charge in [-0.2, -0.15) is 5.26 Å². The van der Waals surface area contributed by atoms with Crippen molar-refractivity contribution in [2.75, 3.05) is 0 Å². The Balaban J connectivity index is 1.52. The predicted molar refractivity (Wildman–Crippen MR) is 106 cm³/mol. The van der Waals surface area contributed by atoms with Gasteiger partial charge in [0, 0.05) is 18.0 Å². The number of nitriles is 1. The summed E-state index contributed by atoms with van der Waals surface area (Å²) in [6, 6.07) is 9.60. The Morgan fingerprint density at radius 3 is 2.27 bits per heavy atom. The fourth-order valence-corrected chi connectivity index (χ4v) is 4.04. The lowest BCUT2D eigenvalue weighted by atomic mass is 9.77. The molecule has 0 radical (unpaired) electrons. The van der Waals surface area contributed by atoms with Crippen LogP contribution in [0.1, 0.15) is 81.8 Å². The maximum absolute atomic E-state index is 8.89. The molecule has 1 saturated carbocycles. The van der Waals surface area contributed by atoms with Gasteiger partial charge in [-0.1, -0.05) is 39.0 Å². The molecule has 0 atom stereocenters. The van der Waals surface area contributed by atoms with Crippen LogP contribution < -0.4 is 0 Å². The molecule has 0 unspecified atom stereocenters. The maximum atomic E-state index is 8.89. The molecule has 0 amide bonds. The van der Waals surface area contributed by atoms with E-state index >= 15 is 0 Å². The number of unbranched alkanes of at least 4 members (excludes halogenated alkanes) is 3. The second-order valence-electron chi connectivity index (χ2n) is 7.60. The third-order valence-electron chi connectivity index (χ3n) is 5.73. The van der Waals surface area contributed by atoms with Crippen LogP contribution in [0.2, 0.25) is 0 Å². The Hall–Kier alpha value is -2.21. The van der Waals surface area contributed by atoms with Gasteiger partial charge >= 0.3 is 0 Å². The van der Waals surface area contributed by atoms with Crippen LogP contribution in [-0.2, 0) is 0 Å². The lowest BCUT2D eigenvalue weighted by molar-refractivity contribution is 0.301. The first kappa shape index (κ1) is 18.6. The highest BCUT2D eigenvalue weighted by atomic mass is 14.9. The van der Waals surface area contributed by atoms with E-state index in [0.29, 0.717) is 11.5 Å². The quantitative estimate of drug-likeness (QED) is 0.555. The molecule has 0 N–H and O–H groups in total. The molecule has 26 heavy (non-hydrogen) atoms. The largest absolute Gasteiger partial charge is 0.236 e. The normalized spacial score (nSPS) is 19.8. The summed E-state index contributed by atoms with van der Waals surface area (Å²) in [6.07, 6.45) is 16.2. The zero-order valence-electron chi connectivity index (χ0n) is 15.8. The number of hydrogen-bond donors (Lipinski definition) is 0. The summed E-state index contributed by atoms with van der Waals surface area (Å²) < 4.78 is 0. The van der Waals surface area contributed by atoms with Gasteiger partial charge in [0.15, 0.2) is 5.82 Å². The summed E-state index contributed by atoms with van der Waals surface area (Å²) in [6.45, 7) is 2.28. The van der Waals surface area contributed by atoms with Gasteiger partial charge in [-0.25, -0.2) is 9.97 Å². The summed E-state index contributed by atoms with van der Waals surface area (Å²) >= 11 is 0. The van der Waals surface area contributed by atoms with E-state index in [1.165, 1.54) is 63.4 Å². The topological polar surface area (TPSA) is 49.6 Å². The molecule has 1 aromatic carbocycles. The molecule has 3 heteroatoms. The molecule has 1 aromatic heterocycles. The van der Waals surface area contributed by atoms with Gasteiger partial charge in [-0.05, 0) is 67.3 Å². The van der Waals surface area contributed by atoms with Crippen molar-refractivity contribution < 1.29 is 0 Å². The smallest absolute Gasteiger partial charge is 0.159 e. The first-order valence-electron chi connectivity index (χ1n) is 10.1. The Morgan fingerprint density at radius 1 is 0.962 bits per heavy atom. The van der Waals surface area contributed by atoms with E-state index in [0.717, 1.165) is 17.3 Å². The van der Waals surface area contributed by atoms with E-state index in [-0.39, 0.29) is 0 Å². The second kappa shape index (κ2) is 9.48. The molecule has 3 nitrogen and oxygen atoms in total. The van der Waals surface area contributed by atoms with Gasteiger partial charge in [0.25, 0.3) is 0 Å². The van der Waals surface area contributed by atoms with E-state index in [9.17, 15) is 0 Å². The van der Waals surface area contributed by atoms with Crippen LogP contribution in [-0.4, -0.2) is 9.97 Å². The third kappa shape index (κ3) is 4.91. The Kier molecular flexibility index (Phi) is 6.77. The fraction of sp³-hybridized carbons (Fsp3) is 0.522. The highest BCUT2D eigenvalue weighted by Gasteiger charge is 2.22. The van der Waals surface area contributed by atoms with Crippen LogP contribution in [0.25, 0.3) is 11.4 Å². The van der Waals surface area contributed by atoms with Crippen LogP contribution in [0, 0.1) is 17.2 Å². The highest BCUT2D eigenvalue weighted by molar-refractivity contribution is 5.56. The van der Waals surface area contributed by atoms with Crippen LogP contribution in [0.15, 0.2) is 36.7 Å². The number of rotatable bonds is 7. The molecule has 0 aliphatic heterocycles. The molecule has 0 bridgehead atoms. The van der Waals surface area contributed by atoms with E-state index < -0.39 is 0 Å². The first-order chi connectivity index (χ1) is 12.8. The Morgan fingerprint density at radius 2 is 1.65 bits per heavy atom. The minimum absolute atomic E-state index is 0.622. The minimum Gasteiger partial charge on any atom is -0.236 e. The predicted octanol–water partition coefficient (Wildman–Crippen LogP) is 6.26. The summed E-state index contributed by atoms with van der Waals surface area (Å²) in [7, 11) is 0. The standard InChI is InChI=1S/C23H29N3/c1-2-3-4-5-6-18-7-11-20(12-8-18)22-16-25-23(26-17-22)21-13-9-19(15-24)10-14-21/h9-10,13-14,16-18,20H,2-8,11-12H2,1H3. The monoisotopic (exact) mass is 347 g/mol. The van der Waals surface area contributed by atoms with Crippen molar-refractivity contribution in [3.63, 3.8) is 0 Å². The van der Waals surface area contributed by atoms with Crippen molar-refractivity contribution in [3.05, 3.63) is 47.8 Å². The molecule has 3 rings (SSSR count). The molecular formula is C23H29N3.